The molecule has 6 heteroatoms. The van der Waals surface area contributed by atoms with E-state index < -0.39 is 17.5 Å². The first kappa shape index (κ1) is 16.9. The van der Waals surface area contributed by atoms with Crippen molar-refractivity contribution in [3.8, 4) is 28.3 Å². The highest BCUT2D eigenvalue weighted by molar-refractivity contribution is 6.01. The molecule has 0 aromatic heterocycles. The van der Waals surface area contributed by atoms with Crippen molar-refractivity contribution in [1.82, 2.24) is 5.32 Å². The molecule has 0 fully saturated rings. The van der Waals surface area contributed by atoms with Gasteiger partial charge in [-0.15, -0.1) is 0 Å². The van der Waals surface area contributed by atoms with E-state index in [0.717, 1.165) is 18.2 Å². The maximum Gasteiger partial charge on any atom is 0.251 e. The quantitative estimate of drug-likeness (QED) is 0.725. The molecule has 4 rings (SSSR count). The minimum Gasteiger partial charge on any atom is -0.348 e. The van der Waals surface area contributed by atoms with E-state index in [1.54, 1.807) is 6.07 Å². The lowest BCUT2D eigenvalue weighted by atomic mass is 9.90. The van der Waals surface area contributed by atoms with E-state index in [2.05, 4.69) is 5.32 Å². The largest absolute Gasteiger partial charge is 0.348 e. The topological polar surface area (TPSA) is 52.9 Å². The third-order valence-corrected chi connectivity index (χ3v) is 4.49. The number of fused-ring (bicyclic) bond motifs is 1. The number of nitrogens with zero attached hydrogens (tertiary/aromatic N) is 1. The number of carbonyl (C=O) groups excluding carboxylic acids is 1. The highest BCUT2D eigenvalue weighted by Crippen LogP contribution is 2.37. The van der Waals surface area contributed by atoms with Crippen LogP contribution in [-0.4, -0.2) is 5.91 Å². The van der Waals surface area contributed by atoms with Crippen LogP contribution in [0.4, 0.5) is 13.2 Å². The van der Waals surface area contributed by atoms with Gasteiger partial charge < -0.3 is 5.32 Å². The van der Waals surface area contributed by atoms with Gasteiger partial charge in [0.25, 0.3) is 5.91 Å². The Kier molecular flexibility index (Phi) is 3.93. The summed E-state index contributed by atoms with van der Waals surface area (Å²) in [7, 11) is 0. The van der Waals surface area contributed by atoms with E-state index in [-0.39, 0.29) is 17.0 Å². The van der Waals surface area contributed by atoms with Gasteiger partial charge in [0.2, 0.25) is 0 Å². The standard InChI is InChI=1S/C21H11F3N2O/c22-14-1-2-16(20(24)7-14)19-8-18-13(10-26-21(18)27)6-17(19)12-3-11(9-25)4-15(23)5-12/h1-8H,10H2,(H,26,27). The lowest BCUT2D eigenvalue weighted by molar-refractivity contribution is 0.0966. The summed E-state index contributed by atoms with van der Waals surface area (Å²) in [5.74, 6) is -2.43. The Morgan fingerprint density at radius 1 is 0.852 bits per heavy atom. The molecule has 1 aliphatic rings. The molecular formula is C21H11F3N2O. The van der Waals surface area contributed by atoms with Gasteiger partial charge in [0.1, 0.15) is 17.5 Å². The van der Waals surface area contributed by atoms with Crippen LogP contribution in [0, 0.1) is 28.8 Å². The molecule has 0 aliphatic carbocycles. The number of amides is 1. The van der Waals surface area contributed by atoms with Crippen molar-refractivity contribution in [2.24, 2.45) is 0 Å². The van der Waals surface area contributed by atoms with E-state index in [4.69, 9.17) is 5.26 Å². The molecule has 3 aromatic carbocycles. The van der Waals surface area contributed by atoms with Gasteiger partial charge >= 0.3 is 0 Å². The van der Waals surface area contributed by atoms with Crippen molar-refractivity contribution in [2.45, 2.75) is 6.54 Å². The molecule has 0 spiro atoms. The van der Waals surface area contributed by atoms with Crippen LogP contribution in [-0.2, 0) is 6.54 Å². The van der Waals surface area contributed by atoms with E-state index in [9.17, 15) is 18.0 Å². The van der Waals surface area contributed by atoms with Crippen molar-refractivity contribution in [3.63, 3.8) is 0 Å². The van der Waals surface area contributed by atoms with Gasteiger partial charge in [0.15, 0.2) is 0 Å². The summed E-state index contributed by atoms with van der Waals surface area (Å²) in [6, 6.07) is 12.0. The number of hydrogen-bond acceptors (Lipinski definition) is 2. The molecule has 132 valence electrons. The molecule has 0 atom stereocenters. The minimum absolute atomic E-state index is 0.0802. The monoisotopic (exact) mass is 364 g/mol. The van der Waals surface area contributed by atoms with Crippen molar-refractivity contribution in [1.29, 1.82) is 5.26 Å². The average Bonchev–Trinajstić information content (AvgIpc) is 3.00. The molecule has 0 unspecified atom stereocenters. The van der Waals surface area contributed by atoms with Crippen molar-refractivity contribution < 1.29 is 18.0 Å². The van der Waals surface area contributed by atoms with Crippen LogP contribution in [0.1, 0.15) is 21.5 Å². The highest BCUT2D eigenvalue weighted by Gasteiger charge is 2.23. The Morgan fingerprint density at radius 3 is 2.41 bits per heavy atom. The predicted molar refractivity (Wildman–Crippen MR) is 93.1 cm³/mol. The van der Waals surface area contributed by atoms with E-state index >= 15 is 0 Å². The molecule has 1 N–H and O–H groups in total. The molecular weight excluding hydrogens is 353 g/mol. The van der Waals surface area contributed by atoms with E-state index in [1.807, 2.05) is 6.07 Å². The van der Waals surface area contributed by atoms with Crippen molar-refractivity contribution in [3.05, 3.63) is 82.7 Å². The molecule has 1 aliphatic heterocycles. The SMILES string of the molecule is N#Cc1cc(F)cc(-c2cc3c(cc2-c2ccc(F)cc2F)C(=O)NC3)c1. The van der Waals surface area contributed by atoms with Crippen LogP contribution in [0.25, 0.3) is 22.3 Å². The van der Waals surface area contributed by atoms with Gasteiger partial charge in [0.05, 0.1) is 11.6 Å². The Morgan fingerprint density at radius 2 is 1.67 bits per heavy atom. The summed E-state index contributed by atoms with van der Waals surface area (Å²) >= 11 is 0. The van der Waals surface area contributed by atoms with Crippen molar-refractivity contribution in [2.75, 3.05) is 0 Å². The lowest BCUT2D eigenvalue weighted by Gasteiger charge is -2.14. The number of benzene rings is 3. The minimum atomic E-state index is -0.800. The van der Waals surface area contributed by atoms with Crippen molar-refractivity contribution >= 4 is 5.91 Å². The Hall–Kier alpha value is -3.59. The predicted octanol–water partition coefficient (Wildman–Crippen LogP) is 4.55. The molecule has 0 saturated heterocycles. The third-order valence-electron chi connectivity index (χ3n) is 4.49. The number of rotatable bonds is 2. The maximum atomic E-state index is 14.4. The normalized spacial score (nSPS) is 12.4. The summed E-state index contributed by atoms with van der Waals surface area (Å²) in [4.78, 5) is 12.0. The molecule has 27 heavy (non-hydrogen) atoms. The molecule has 3 aromatic rings. The molecule has 0 saturated carbocycles. The first-order valence-electron chi connectivity index (χ1n) is 8.08. The van der Waals surface area contributed by atoms with Gasteiger partial charge in [-0.2, -0.15) is 5.26 Å². The zero-order valence-corrected chi connectivity index (χ0v) is 13.8. The lowest BCUT2D eigenvalue weighted by Crippen LogP contribution is -2.12. The molecule has 0 radical (unpaired) electrons. The third kappa shape index (κ3) is 2.93. The van der Waals surface area contributed by atoms with Gasteiger partial charge in [-0.1, -0.05) is 0 Å². The Balaban J connectivity index is 2.03. The number of nitrogens with one attached hydrogen (secondary N) is 1. The zero-order valence-electron chi connectivity index (χ0n) is 13.8. The van der Waals surface area contributed by atoms with Crippen LogP contribution in [0.15, 0.2) is 48.5 Å². The summed E-state index contributed by atoms with van der Waals surface area (Å²) in [6.07, 6.45) is 0. The second kappa shape index (κ2) is 6.29. The number of carbonyl (C=O) groups is 1. The Labute approximate surface area is 152 Å². The average molecular weight is 364 g/mol. The molecule has 1 amide bonds. The van der Waals surface area contributed by atoms with Gasteiger partial charge in [-0.25, -0.2) is 13.2 Å². The van der Waals surface area contributed by atoms with E-state index in [0.29, 0.717) is 34.4 Å². The second-order valence-corrected chi connectivity index (χ2v) is 6.20. The summed E-state index contributed by atoms with van der Waals surface area (Å²) in [5.41, 5.74) is 2.40. The van der Waals surface area contributed by atoms with Gasteiger partial charge in [-0.05, 0) is 64.7 Å². The van der Waals surface area contributed by atoms with Crippen LogP contribution >= 0.6 is 0 Å². The smallest absolute Gasteiger partial charge is 0.251 e. The van der Waals surface area contributed by atoms with Crippen LogP contribution in [0.2, 0.25) is 0 Å². The number of hydrogen-bond donors (Lipinski definition) is 1. The number of halogens is 3. The fourth-order valence-corrected chi connectivity index (χ4v) is 3.25. The summed E-state index contributed by atoms with van der Waals surface area (Å²) in [6.45, 7) is 0.299. The fraction of sp³-hybridized carbons (Fsp3) is 0.0476. The Bertz CT molecular complexity index is 1150. The molecule has 0 bridgehead atoms. The summed E-state index contributed by atoms with van der Waals surface area (Å²) in [5, 5.41) is 11.8. The maximum absolute atomic E-state index is 14.4. The van der Waals surface area contributed by atoms with Crippen LogP contribution < -0.4 is 5.32 Å². The van der Waals surface area contributed by atoms with Gasteiger partial charge in [-0.3, -0.25) is 4.79 Å². The zero-order chi connectivity index (χ0) is 19.1. The first-order valence-corrected chi connectivity index (χ1v) is 8.08. The second-order valence-electron chi connectivity index (χ2n) is 6.20. The fourth-order valence-electron chi connectivity index (χ4n) is 3.25. The molecule has 3 nitrogen and oxygen atoms in total. The highest BCUT2D eigenvalue weighted by atomic mass is 19.1. The first-order chi connectivity index (χ1) is 13.0. The molecule has 1 heterocycles. The van der Waals surface area contributed by atoms with E-state index in [1.165, 1.54) is 24.3 Å². The van der Waals surface area contributed by atoms with Gasteiger partial charge in [0, 0.05) is 23.7 Å². The number of nitriles is 1. The summed E-state index contributed by atoms with van der Waals surface area (Å²) < 4.78 is 41.7. The van der Waals surface area contributed by atoms with Crippen LogP contribution in [0.5, 0.6) is 0 Å². The van der Waals surface area contributed by atoms with Crippen LogP contribution in [0.3, 0.4) is 0 Å².